The number of hydrogen-bond acceptors (Lipinski definition) is 3. The molecule has 72 valence electrons. The third-order valence-electron chi connectivity index (χ3n) is 1.80. The lowest BCUT2D eigenvalue weighted by atomic mass is 10.4. The predicted molar refractivity (Wildman–Crippen MR) is 53.7 cm³/mol. The molecule has 0 saturated carbocycles. The molecule has 1 aromatic heterocycles. The van der Waals surface area contributed by atoms with Crippen molar-refractivity contribution >= 4 is 18.5 Å². The Labute approximate surface area is 83.1 Å². The van der Waals surface area contributed by atoms with Crippen molar-refractivity contribution in [3.8, 4) is 0 Å². The molecule has 0 aliphatic heterocycles. The lowest BCUT2D eigenvalue weighted by Gasteiger charge is -2.18. The van der Waals surface area contributed by atoms with Crippen LogP contribution in [-0.2, 0) is 11.3 Å². The highest BCUT2D eigenvalue weighted by molar-refractivity contribution is 7.81. The Bertz CT molecular complexity index is 259. The number of thiol groups is 1. The average Bonchev–Trinajstić information content (AvgIpc) is 2.65. The summed E-state index contributed by atoms with van der Waals surface area (Å²) < 4.78 is 5.14. The number of rotatable bonds is 4. The van der Waals surface area contributed by atoms with Gasteiger partial charge in [-0.3, -0.25) is 4.79 Å². The van der Waals surface area contributed by atoms with Crippen molar-refractivity contribution in [1.29, 1.82) is 0 Å². The monoisotopic (exact) mass is 199 g/mol. The molecule has 1 aromatic rings. The maximum atomic E-state index is 11.3. The van der Waals surface area contributed by atoms with E-state index in [-0.39, 0.29) is 11.7 Å². The molecule has 13 heavy (non-hydrogen) atoms. The van der Waals surface area contributed by atoms with Crippen LogP contribution in [0.3, 0.4) is 0 Å². The molecule has 1 amide bonds. The Morgan fingerprint density at radius 3 is 2.92 bits per heavy atom. The summed E-state index contributed by atoms with van der Waals surface area (Å²) in [7, 11) is 0. The molecule has 1 rings (SSSR count). The number of amides is 1. The number of nitrogens with zero attached hydrogens (tertiary/aromatic N) is 1. The minimum absolute atomic E-state index is 0.0298. The van der Waals surface area contributed by atoms with E-state index in [2.05, 4.69) is 12.6 Å². The fraction of sp³-hybridized carbons (Fsp3) is 0.444. The van der Waals surface area contributed by atoms with Gasteiger partial charge in [0.05, 0.1) is 18.6 Å². The molecule has 0 unspecified atom stereocenters. The Morgan fingerprint density at radius 2 is 2.46 bits per heavy atom. The van der Waals surface area contributed by atoms with Crippen LogP contribution in [-0.4, -0.2) is 23.1 Å². The molecule has 0 spiro atoms. The van der Waals surface area contributed by atoms with Crippen LogP contribution >= 0.6 is 12.6 Å². The largest absolute Gasteiger partial charge is 0.467 e. The first-order chi connectivity index (χ1) is 6.27. The lowest BCUT2D eigenvalue weighted by molar-refractivity contribution is -0.128. The van der Waals surface area contributed by atoms with Crippen molar-refractivity contribution in [3.05, 3.63) is 24.2 Å². The van der Waals surface area contributed by atoms with Crippen LogP contribution in [0.15, 0.2) is 22.8 Å². The van der Waals surface area contributed by atoms with E-state index in [1.165, 1.54) is 0 Å². The Kier molecular flexibility index (Phi) is 3.89. The van der Waals surface area contributed by atoms with E-state index >= 15 is 0 Å². The van der Waals surface area contributed by atoms with Crippen molar-refractivity contribution in [3.63, 3.8) is 0 Å². The summed E-state index contributed by atoms with van der Waals surface area (Å²) in [4.78, 5) is 13.0. The molecule has 4 heteroatoms. The molecule has 0 bridgehead atoms. The molecule has 0 N–H and O–H groups in total. The summed E-state index contributed by atoms with van der Waals surface area (Å²) in [6, 6.07) is 3.67. The molecular formula is C9H13NO2S. The van der Waals surface area contributed by atoms with E-state index in [9.17, 15) is 4.79 Å². The van der Waals surface area contributed by atoms with Gasteiger partial charge in [-0.2, -0.15) is 12.6 Å². The Balaban J connectivity index is 2.54. The van der Waals surface area contributed by atoms with Crippen molar-refractivity contribution < 1.29 is 9.21 Å². The van der Waals surface area contributed by atoms with Crippen molar-refractivity contribution in [2.24, 2.45) is 0 Å². The van der Waals surface area contributed by atoms with Crippen LogP contribution < -0.4 is 0 Å². The summed E-state index contributed by atoms with van der Waals surface area (Å²) in [5, 5.41) is 0. The van der Waals surface area contributed by atoms with Gasteiger partial charge in [0, 0.05) is 6.54 Å². The quantitative estimate of drug-likeness (QED) is 0.746. The van der Waals surface area contributed by atoms with Gasteiger partial charge in [0.25, 0.3) is 0 Å². The second-order valence-electron chi connectivity index (χ2n) is 2.65. The van der Waals surface area contributed by atoms with Crippen molar-refractivity contribution in [1.82, 2.24) is 4.90 Å². The van der Waals surface area contributed by atoms with E-state index < -0.39 is 0 Å². The SMILES string of the molecule is CCN(Cc1ccco1)C(=O)CS. The predicted octanol–water partition coefficient (Wildman–Crippen LogP) is 1.56. The Morgan fingerprint density at radius 1 is 1.69 bits per heavy atom. The zero-order chi connectivity index (χ0) is 9.68. The zero-order valence-corrected chi connectivity index (χ0v) is 8.46. The highest BCUT2D eigenvalue weighted by Crippen LogP contribution is 2.05. The van der Waals surface area contributed by atoms with Crippen LogP contribution in [0.2, 0.25) is 0 Å². The first-order valence-electron chi connectivity index (χ1n) is 4.19. The summed E-state index contributed by atoms with van der Waals surface area (Å²) in [6.45, 7) is 3.15. The third-order valence-corrected chi connectivity index (χ3v) is 2.07. The molecule has 0 atom stereocenters. The van der Waals surface area contributed by atoms with E-state index in [1.807, 2.05) is 19.1 Å². The molecule has 3 nitrogen and oxygen atoms in total. The van der Waals surface area contributed by atoms with Gasteiger partial charge in [-0.1, -0.05) is 0 Å². The van der Waals surface area contributed by atoms with E-state index in [1.54, 1.807) is 11.2 Å². The van der Waals surface area contributed by atoms with Gasteiger partial charge >= 0.3 is 0 Å². The highest BCUT2D eigenvalue weighted by Gasteiger charge is 2.10. The van der Waals surface area contributed by atoms with Crippen LogP contribution in [0.5, 0.6) is 0 Å². The second kappa shape index (κ2) is 4.97. The first-order valence-corrected chi connectivity index (χ1v) is 4.82. The normalized spacial score (nSPS) is 10.0. The smallest absolute Gasteiger partial charge is 0.232 e. The molecule has 0 aliphatic carbocycles. The molecule has 1 heterocycles. The van der Waals surface area contributed by atoms with Crippen LogP contribution in [0, 0.1) is 0 Å². The summed E-state index contributed by atoms with van der Waals surface area (Å²) in [5.41, 5.74) is 0. The van der Waals surface area contributed by atoms with Gasteiger partial charge in [-0.25, -0.2) is 0 Å². The van der Waals surface area contributed by atoms with Gasteiger partial charge in [-0.05, 0) is 19.1 Å². The summed E-state index contributed by atoms with van der Waals surface area (Å²) in [5.74, 6) is 1.08. The maximum Gasteiger partial charge on any atom is 0.232 e. The topological polar surface area (TPSA) is 33.5 Å². The minimum atomic E-state index is 0.0298. The van der Waals surface area contributed by atoms with Gasteiger partial charge in [-0.15, -0.1) is 0 Å². The van der Waals surface area contributed by atoms with Gasteiger partial charge < -0.3 is 9.32 Å². The third kappa shape index (κ3) is 2.81. The molecule has 0 radical (unpaired) electrons. The summed E-state index contributed by atoms with van der Waals surface area (Å²) >= 11 is 3.94. The standard InChI is InChI=1S/C9H13NO2S/c1-2-10(9(11)7-13)6-8-4-3-5-12-8/h3-5,13H,2,6-7H2,1H3. The minimum Gasteiger partial charge on any atom is -0.467 e. The highest BCUT2D eigenvalue weighted by atomic mass is 32.1. The van der Waals surface area contributed by atoms with Crippen LogP contribution in [0.25, 0.3) is 0 Å². The van der Waals surface area contributed by atoms with Crippen molar-refractivity contribution in [2.45, 2.75) is 13.5 Å². The number of furan rings is 1. The Hall–Kier alpha value is -0.900. The fourth-order valence-electron chi connectivity index (χ4n) is 1.07. The van der Waals surface area contributed by atoms with Crippen molar-refractivity contribution in [2.75, 3.05) is 12.3 Å². The lowest BCUT2D eigenvalue weighted by Crippen LogP contribution is -2.30. The maximum absolute atomic E-state index is 11.3. The van der Waals surface area contributed by atoms with E-state index in [0.717, 1.165) is 5.76 Å². The number of hydrogen-bond donors (Lipinski definition) is 1. The molecule has 0 aromatic carbocycles. The second-order valence-corrected chi connectivity index (χ2v) is 2.96. The molecule has 0 fully saturated rings. The number of carbonyl (C=O) groups is 1. The molecule has 0 aliphatic rings. The van der Waals surface area contributed by atoms with Gasteiger partial charge in [0.15, 0.2) is 0 Å². The summed E-state index contributed by atoms with van der Waals surface area (Å²) in [6.07, 6.45) is 1.61. The fourth-order valence-corrected chi connectivity index (χ4v) is 1.27. The zero-order valence-electron chi connectivity index (χ0n) is 7.56. The van der Waals surface area contributed by atoms with Crippen LogP contribution in [0.1, 0.15) is 12.7 Å². The average molecular weight is 199 g/mol. The molecular weight excluding hydrogens is 186 g/mol. The first kappa shape index (κ1) is 10.2. The van der Waals surface area contributed by atoms with E-state index in [4.69, 9.17) is 4.42 Å². The molecule has 0 saturated heterocycles. The number of carbonyl (C=O) groups excluding carboxylic acids is 1. The van der Waals surface area contributed by atoms with E-state index in [0.29, 0.717) is 13.1 Å². The van der Waals surface area contributed by atoms with Gasteiger partial charge in [0.2, 0.25) is 5.91 Å². The van der Waals surface area contributed by atoms with Gasteiger partial charge in [0.1, 0.15) is 5.76 Å². The van der Waals surface area contributed by atoms with Crippen LogP contribution in [0.4, 0.5) is 0 Å².